The molecular weight excluding hydrogens is 174 g/mol. The second-order valence-electron chi connectivity index (χ2n) is 5.76. The lowest BCUT2D eigenvalue weighted by Crippen LogP contribution is -2.46. The van der Waals surface area contributed by atoms with Crippen LogP contribution in [0.2, 0.25) is 0 Å². The van der Waals surface area contributed by atoms with Crippen molar-refractivity contribution in [2.24, 2.45) is 16.7 Å². The van der Waals surface area contributed by atoms with Crippen molar-refractivity contribution in [1.82, 2.24) is 5.32 Å². The van der Waals surface area contributed by atoms with Gasteiger partial charge in [0, 0.05) is 18.6 Å². The molecule has 2 aliphatic rings. The maximum atomic E-state index is 5.72. The van der Waals surface area contributed by atoms with E-state index in [-0.39, 0.29) is 0 Å². The third-order valence-corrected chi connectivity index (χ3v) is 5.35. The third kappa shape index (κ3) is 0.938. The molecule has 0 unspecified atom stereocenters. The van der Waals surface area contributed by atoms with Gasteiger partial charge in [-0.1, -0.05) is 20.8 Å². The van der Waals surface area contributed by atoms with Gasteiger partial charge >= 0.3 is 0 Å². The van der Waals surface area contributed by atoms with Gasteiger partial charge in [-0.15, -0.1) is 0 Å². The Morgan fingerprint density at radius 3 is 2.36 bits per heavy atom. The van der Waals surface area contributed by atoms with Gasteiger partial charge in [-0.05, 0) is 31.2 Å². The minimum absolute atomic E-state index is 0.361. The molecule has 0 aromatic carbocycles. The molecule has 0 radical (unpaired) electrons. The van der Waals surface area contributed by atoms with E-state index in [0.29, 0.717) is 23.0 Å². The van der Waals surface area contributed by atoms with E-state index in [0.717, 1.165) is 5.92 Å². The Morgan fingerprint density at radius 2 is 1.93 bits per heavy atom. The highest BCUT2D eigenvalue weighted by Crippen LogP contribution is 2.65. The van der Waals surface area contributed by atoms with Crippen molar-refractivity contribution in [3.8, 4) is 0 Å². The normalized spacial score (nSPS) is 49.9. The number of hydrogen-bond acceptors (Lipinski definition) is 2. The number of fused-ring (bicyclic) bond motifs is 2. The number of rotatable bonds is 2. The van der Waals surface area contributed by atoms with Gasteiger partial charge in [-0.2, -0.15) is 0 Å². The van der Waals surface area contributed by atoms with Crippen LogP contribution in [-0.2, 0) is 4.74 Å². The number of methoxy groups -OCH3 is 1. The summed E-state index contributed by atoms with van der Waals surface area (Å²) in [5.74, 6) is 0.780. The molecular formula is C12H23NO. The summed E-state index contributed by atoms with van der Waals surface area (Å²) in [4.78, 5) is 0. The average Bonchev–Trinajstić information content (AvgIpc) is 2.46. The van der Waals surface area contributed by atoms with Gasteiger partial charge in [0.05, 0.1) is 6.10 Å². The van der Waals surface area contributed by atoms with Crippen molar-refractivity contribution in [2.75, 3.05) is 14.2 Å². The highest BCUT2D eigenvalue weighted by molar-refractivity contribution is 5.17. The van der Waals surface area contributed by atoms with Gasteiger partial charge in [0.1, 0.15) is 0 Å². The van der Waals surface area contributed by atoms with Crippen LogP contribution in [0.15, 0.2) is 0 Å². The summed E-state index contributed by atoms with van der Waals surface area (Å²) < 4.78 is 5.72. The van der Waals surface area contributed by atoms with Crippen LogP contribution < -0.4 is 5.32 Å². The fourth-order valence-electron chi connectivity index (χ4n) is 4.07. The fourth-order valence-corrected chi connectivity index (χ4v) is 4.07. The van der Waals surface area contributed by atoms with Crippen LogP contribution in [0.5, 0.6) is 0 Å². The van der Waals surface area contributed by atoms with Crippen LogP contribution in [-0.4, -0.2) is 26.3 Å². The summed E-state index contributed by atoms with van der Waals surface area (Å²) in [6.07, 6.45) is 3.07. The van der Waals surface area contributed by atoms with Crippen molar-refractivity contribution >= 4 is 0 Å². The van der Waals surface area contributed by atoms with Crippen LogP contribution in [0.1, 0.15) is 33.6 Å². The molecule has 1 N–H and O–H groups in total. The predicted octanol–water partition coefficient (Wildman–Crippen LogP) is 2.05. The molecule has 2 nitrogen and oxygen atoms in total. The summed E-state index contributed by atoms with van der Waals surface area (Å²) in [7, 11) is 3.92. The van der Waals surface area contributed by atoms with Crippen LogP contribution in [0.3, 0.4) is 0 Å². The summed E-state index contributed by atoms with van der Waals surface area (Å²) in [5, 5.41) is 3.45. The Labute approximate surface area is 87.4 Å². The quantitative estimate of drug-likeness (QED) is 0.731. The van der Waals surface area contributed by atoms with Crippen molar-refractivity contribution in [3.05, 3.63) is 0 Å². The largest absolute Gasteiger partial charge is 0.379 e. The molecule has 0 amide bonds. The first kappa shape index (κ1) is 10.4. The highest BCUT2D eigenvalue weighted by Gasteiger charge is 2.66. The first-order valence-electron chi connectivity index (χ1n) is 5.69. The molecule has 0 aromatic rings. The Kier molecular flexibility index (Phi) is 2.20. The van der Waals surface area contributed by atoms with Gasteiger partial charge in [-0.3, -0.25) is 0 Å². The van der Waals surface area contributed by atoms with Gasteiger partial charge in [-0.25, -0.2) is 0 Å². The maximum Gasteiger partial charge on any atom is 0.0785 e. The molecule has 0 heterocycles. The number of likely N-dealkylation sites (N-methyl/N-ethyl adjacent to an activating group) is 1. The van der Waals surface area contributed by atoms with E-state index < -0.39 is 0 Å². The summed E-state index contributed by atoms with van der Waals surface area (Å²) in [6, 6.07) is 0.550. The fraction of sp³-hybridized carbons (Fsp3) is 1.00. The summed E-state index contributed by atoms with van der Waals surface area (Å²) in [6.45, 7) is 7.22. The van der Waals surface area contributed by atoms with Crippen molar-refractivity contribution in [3.63, 3.8) is 0 Å². The Balaban J connectivity index is 2.38. The zero-order valence-electron chi connectivity index (χ0n) is 10.1. The molecule has 2 aliphatic carbocycles. The van der Waals surface area contributed by atoms with Gasteiger partial charge in [0.2, 0.25) is 0 Å². The zero-order chi connectivity index (χ0) is 10.6. The van der Waals surface area contributed by atoms with E-state index in [2.05, 4.69) is 33.1 Å². The maximum absolute atomic E-state index is 5.72. The standard InChI is InChI=1S/C12H23NO/c1-11(2)8-6-7-12(11,3)10(14-5)9(8)13-4/h8-10,13H,6-7H2,1-5H3/t8-,9+,10-,12+/m1/s1. The highest BCUT2D eigenvalue weighted by atomic mass is 16.5. The minimum Gasteiger partial charge on any atom is -0.379 e. The molecule has 0 aliphatic heterocycles. The van der Waals surface area contributed by atoms with Crippen LogP contribution in [0, 0.1) is 16.7 Å². The van der Waals surface area contributed by atoms with Crippen LogP contribution >= 0.6 is 0 Å². The lowest BCUT2D eigenvalue weighted by molar-refractivity contribution is -0.0313. The Hall–Kier alpha value is -0.0800. The molecule has 2 fully saturated rings. The summed E-state index contributed by atoms with van der Waals surface area (Å²) in [5.41, 5.74) is 0.779. The molecule has 2 heteroatoms. The average molecular weight is 197 g/mol. The lowest BCUT2D eigenvalue weighted by Gasteiger charge is -2.39. The molecule has 4 atom stereocenters. The predicted molar refractivity (Wildman–Crippen MR) is 58.3 cm³/mol. The molecule has 0 aromatic heterocycles. The topological polar surface area (TPSA) is 21.3 Å². The van der Waals surface area contributed by atoms with E-state index in [1.165, 1.54) is 12.8 Å². The van der Waals surface area contributed by atoms with E-state index in [1.54, 1.807) is 0 Å². The molecule has 0 spiro atoms. The lowest BCUT2D eigenvalue weighted by atomic mass is 9.70. The smallest absolute Gasteiger partial charge is 0.0785 e. The molecule has 14 heavy (non-hydrogen) atoms. The minimum atomic E-state index is 0.361. The van der Waals surface area contributed by atoms with E-state index in [1.807, 2.05) is 7.11 Å². The van der Waals surface area contributed by atoms with Crippen molar-refractivity contribution in [1.29, 1.82) is 0 Å². The second kappa shape index (κ2) is 2.96. The van der Waals surface area contributed by atoms with Crippen LogP contribution in [0.25, 0.3) is 0 Å². The van der Waals surface area contributed by atoms with Gasteiger partial charge in [0.25, 0.3) is 0 Å². The van der Waals surface area contributed by atoms with Crippen LogP contribution in [0.4, 0.5) is 0 Å². The molecule has 82 valence electrons. The number of ether oxygens (including phenoxy) is 1. The number of hydrogen-bond donors (Lipinski definition) is 1. The van der Waals surface area contributed by atoms with Crippen molar-refractivity contribution in [2.45, 2.75) is 45.8 Å². The monoisotopic (exact) mass is 197 g/mol. The van der Waals surface area contributed by atoms with E-state index in [9.17, 15) is 0 Å². The van der Waals surface area contributed by atoms with E-state index >= 15 is 0 Å². The Morgan fingerprint density at radius 1 is 1.29 bits per heavy atom. The van der Waals surface area contributed by atoms with Crippen molar-refractivity contribution < 1.29 is 4.74 Å². The first-order valence-corrected chi connectivity index (χ1v) is 5.69. The number of nitrogens with one attached hydrogen (secondary N) is 1. The third-order valence-electron chi connectivity index (χ3n) is 5.35. The Bertz CT molecular complexity index is 238. The first-order chi connectivity index (χ1) is 6.49. The molecule has 2 saturated carbocycles. The van der Waals surface area contributed by atoms with E-state index in [4.69, 9.17) is 4.74 Å². The SMILES string of the molecule is CN[C@H]1[C@H]2CC[C@@](C)([C@@H]1OC)C2(C)C. The summed E-state index contributed by atoms with van der Waals surface area (Å²) >= 11 is 0. The molecule has 0 saturated heterocycles. The molecule has 2 rings (SSSR count). The molecule has 2 bridgehead atoms. The second-order valence-corrected chi connectivity index (χ2v) is 5.76. The van der Waals surface area contributed by atoms with Gasteiger partial charge in [0.15, 0.2) is 0 Å². The van der Waals surface area contributed by atoms with Gasteiger partial charge < -0.3 is 10.1 Å². The zero-order valence-corrected chi connectivity index (χ0v) is 10.1.